The Morgan fingerprint density at radius 1 is 1.39 bits per heavy atom. The van der Waals surface area contributed by atoms with Gasteiger partial charge in [-0.3, -0.25) is 0 Å². The quantitative estimate of drug-likeness (QED) is 0.845. The van der Waals surface area contributed by atoms with Gasteiger partial charge in [0.15, 0.2) is 0 Å². The molecule has 0 spiro atoms. The molecule has 1 saturated heterocycles. The first-order valence-electron chi connectivity index (χ1n) is 8.00. The molecule has 0 aromatic carbocycles. The van der Waals surface area contributed by atoms with Crippen LogP contribution in [0.2, 0.25) is 0 Å². The number of amides is 2. The number of rotatable bonds is 7. The zero-order valence-electron chi connectivity index (χ0n) is 13.1. The number of carbonyl (C=O) groups excluding carboxylic acids is 1. The fourth-order valence-corrected chi connectivity index (χ4v) is 3.36. The zero-order chi connectivity index (χ0) is 15.9. The van der Waals surface area contributed by atoms with E-state index in [2.05, 4.69) is 16.8 Å². The van der Waals surface area contributed by atoms with Gasteiger partial charge in [-0.1, -0.05) is 6.07 Å². The van der Waals surface area contributed by atoms with Gasteiger partial charge in [0.25, 0.3) is 0 Å². The van der Waals surface area contributed by atoms with E-state index in [0.29, 0.717) is 19.6 Å². The first kappa shape index (κ1) is 16.1. The van der Waals surface area contributed by atoms with E-state index in [1.54, 1.807) is 22.5 Å². The van der Waals surface area contributed by atoms with E-state index in [1.165, 1.54) is 4.88 Å². The van der Waals surface area contributed by atoms with Crippen molar-refractivity contribution in [2.45, 2.75) is 31.9 Å². The first-order valence-corrected chi connectivity index (χ1v) is 8.88. The van der Waals surface area contributed by atoms with E-state index in [9.17, 15) is 4.79 Å². The molecule has 3 rings (SSSR count). The number of nitrogens with zero attached hydrogens (tertiary/aromatic N) is 1. The Labute approximate surface area is 140 Å². The van der Waals surface area contributed by atoms with Gasteiger partial charge in [0.05, 0.1) is 18.9 Å². The lowest BCUT2D eigenvalue weighted by molar-refractivity contribution is 0.108. The Kier molecular flexibility index (Phi) is 5.71. The molecule has 2 amide bonds. The van der Waals surface area contributed by atoms with Crippen LogP contribution in [0.15, 0.2) is 40.3 Å². The molecule has 1 aliphatic rings. The summed E-state index contributed by atoms with van der Waals surface area (Å²) >= 11 is 1.72. The molecule has 23 heavy (non-hydrogen) atoms. The molecule has 1 aliphatic heterocycles. The van der Waals surface area contributed by atoms with E-state index < -0.39 is 0 Å². The Morgan fingerprint density at radius 3 is 3.04 bits per heavy atom. The molecule has 0 aliphatic carbocycles. The topological polar surface area (TPSA) is 54.7 Å². The molecule has 2 aromatic rings. The second kappa shape index (κ2) is 8.17. The van der Waals surface area contributed by atoms with Crippen molar-refractivity contribution in [1.82, 2.24) is 10.2 Å². The zero-order valence-corrected chi connectivity index (χ0v) is 13.9. The summed E-state index contributed by atoms with van der Waals surface area (Å²) in [5.74, 6) is 0.795. The predicted octanol–water partition coefficient (Wildman–Crippen LogP) is 3.27. The SMILES string of the molecule is O=C(NCC1CCCO1)N(CCc1cccs1)Cc1ccco1. The summed E-state index contributed by atoms with van der Waals surface area (Å²) in [6, 6.07) is 7.81. The van der Waals surface area contributed by atoms with Crippen molar-refractivity contribution in [2.75, 3.05) is 19.7 Å². The highest BCUT2D eigenvalue weighted by Crippen LogP contribution is 2.13. The van der Waals surface area contributed by atoms with Crippen LogP contribution in [0, 0.1) is 0 Å². The molecule has 0 bridgehead atoms. The third-order valence-electron chi connectivity index (χ3n) is 3.93. The van der Waals surface area contributed by atoms with Crippen LogP contribution in [0.3, 0.4) is 0 Å². The Balaban J connectivity index is 1.55. The van der Waals surface area contributed by atoms with Crippen LogP contribution in [0.4, 0.5) is 4.79 Å². The molecular weight excluding hydrogens is 312 g/mol. The van der Waals surface area contributed by atoms with Crippen molar-refractivity contribution >= 4 is 17.4 Å². The molecule has 1 N–H and O–H groups in total. The van der Waals surface area contributed by atoms with Crippen molar-refractivity contribution in [3.05, 3.63) is 46.5 Å². The summed E-state index contributed by atoms with van der Waals surface area (Å²) in [7, 11) is 0. The summed E-state index contributed by atoms with van der Waals surface area (Å²) in [4.78, 5) is 15.6. The molecule has 1 unspecified atom stereocenters. The van der Waals surface area contributed by atoms with Crippen LogP contribution >= 0.6 is 11.3 Å². The maximum atomic E-state index is 12.5. The van der Waals surface area contributed by atoms with Crippen LogP contribution in [0.1, 0.15) is 23.5 Å². The van der Waals surface area contributed by atoms with Crippen molar-refractivity contribution in [2.24, 2.45) is 0 Å². The second-order valence-electron chi connectivity index (χ2n) is 5.65. The number of urea groups is 1. The summed E-state index contributed by atoms with van der Waals surface area (Å²) in [5, 5.41) is 5.05. The standard InChI is InChI=1S/C17H22N2O3S/c20-17(18-12-14-4-1-9-21-14)19(13-15-5-2-10-22-15)8-7-16-6-3-11-23-16/h2-3,5-6,10-11,14H,1,4,7-9,12-13H2,(H,18,20). The van der Waals surface area contributed by atoms with E-state index >= 15 is 0 Å². The summed E-state index contributed by atoms with van der Waals surface area (Å²) < 4.78 is 10.9. The maximum absolute atomic E-state index is 12.5. The fourth-order valence-electron chi connectivity index (χ4n) is 2.66. The van der Waals surface area contributed by atoms with Gasteiger partial charge >= 0.3 is 6.03 Å². The Bertz CT molecular complexity index is 577. The molecule has 5 nitrogen and oxygen atoms in total. The fraction of sp³-hybridized carbons (Fsp3) is 0.471. The number of thiophene rings is 1. The van der Waals surface area contributed by atoms with Gasteiger partial charge in [-0.25, -0.2) is 4.79 Å². The first-order chi connectivity index (χ1) is 11.3. The minimum atomic E-state index is -0.0616. The van der Waals surface area contributed by atoms with Gasteiger partial charge in [-0.05, 0) is 42.8 Å². The van der Waals surface area contributed by atoms with Crippen molar-refractivity contribution in [1.29, 1.82) is 0 Å². The van der Waals surface area contributed by atoms with Crippen LogP contribution in [-0.4, -0.2) is 36.7 Å². The lowest BCUT2D eigenvalue weighted by atomic mass is 10.2. The molecule has 0 saturated carbocycles. The van der Waals surface area contributed by atoms with E-state index in [0.717, 1.165) is 31.6 Å². The van der Waals surface area contributed by atoms with Gasteiger partial charge < -0.3 is 19.4 Å². The number of nitrogens with one attached hydrogen (secondary N) is 1. The van der Waals surface area contributed by atoms with Gasteiger partial charge in [0, 0.05) is 24.6 Å². The number of ether oxygens (including phenoxy) is 1. The minimum Gasteiger partial charge on any atom is -0.467 e. The molecule has 0 radical (unpaired) electrons. The third-order valence-corrected chi connectivity index (χ3v) is 4.86. The average Bonchev–Trinajstić information content (AvgIpc) is 3.32. The van der Waals surface area contributed by atoms with Crippen LogP contribution in [0.5, 0.6) is 0 Å². The smallest absolute Gasteiger partial charge is 0.317 e. The highest BCUT2D eigenvalue weighted by Gasteiger charge is 2.19. The van der Waals surface area contributed by atoms with Crippen LogP contribution < -0.4 is 5.32 Å². The Morgan fingerprint density at radius 2 is 2.35 bits per heavy atom. The molecular formula is C17H22N2O3S. The second-order valence-corrected chi connectivity index (χ2v) is 6.68. The molecule has 1 atom stereocenters. The number of carbonyl (C=O) groups is 1. The summed E-state index contributed by atoms with van der Waals surface area (Å²) in [6.07, 6.45) is 4.74. The average molecular weight is 334 g/mol. The highest BCUT2D eigenvalue weighted by molar-refractivity contribution is 7.09. The summed E-state index contributed by atoms with van der Waals surface area (Å²) in [6.45, 7) is 2.52. The van der Waals surface area contributed by atoms with E-state index in [-0.39, 0.29) is 12.1 Å². The van der Waals surface area contributed by atoms with Crippen molar-refractivity contribution in [3.8, 4) is 0 Å². The number of hydrogen-bond acceptors (Lipinski definition) is 4. The van der Waals surface area contributed by atoms with Crippen molar-refractivity contribution < 1.29 is 13.9 Å². The maximum Gasteiger partial charge on any atom is 0.317 e. The van der Waals surface area contributed by atoms with Gasteiger partial charge in [0.1, 0.15) is 5.76 Å². The van der Waals surface area contributed by atoms with Gasteiger partial charge in [0.2, 0.25) is 0 Å². The molecule has 2 aromatic heterocycles. The van der Waals surface area contributed by atoms with Crippen molar-refractivity contribution in [3.63, 3.8) is 0 Å². The minimum absolute atomic E-state index is 0.0616. The lowest BCUT2D eigenvalue weighted by Gasteiger charge is -2.23. The van der Waals surface area contributed by atoms with Gasteiger partial charge in [-0.15, -0.1) is 11.3 Å². The normalized spacial score (nSPS) is 17.3. The largest absolute Gasteiger partial charge is 0.467 e. The van der Waals surface area contributed by atoms with Gasteiger partial charge in [-0.2, -0.15) is 0 Å². The Hall–Kier alpha value is -1.79. The van der Waals surface area contributed by atoms with Crippen LogP contribution in [-0.2, 0) is 17.7 Å². The molecule has 3 heterocycles. The monoisotopic (exact) mass is 334 g/mol. The van der Waals surface area contributed by atoms with E-state index in [4.69, 9.17) is 9.15 Å². The molecule has 1 fully saturated rings. The lowest BCUT2D eigenvalue weighted by Crippen LogP contribution is -2.43. The third kappa shape index (κ3) is 4.84. The number of furan rings is 1. The molecule has 6 heteroatoms. The summed E-state index contributed by atoms with van der Waals surface area (Å²) in [5.41, 5.74) is 0. The van der Waals surface area contributed by atoms with E-state index in [1.807, 2.05) is 18.2 Å². The molecule has 124 valence electrons. The number of hydrogen-bond donors (Lipinski definition) is 1. The predicted molar refractivity (Wildman–Crippen MR) is 89.5 cm³/mol. The van der Waals surface area contributed by atoms with Crippen LogP contribution in [0.25, 0.3) is 0 Å². The highest BCUT2D eigenvalue weighted by atomic mass is 32.1.